The van der Waals surface area contributed by atoms with Crippen LogP contribution in [0.2, 0.25) is 0 Å². The van der Waals surface area contributed by atoms with Crippen molar-refractivity contribution in [1.29, 1.82) is 0 Å². The van der Waals surface area contributed by atoms with Gasteiger partial charge in [0.15, 0.2) is 0 Å². The highest BCUT2D eigenvalue weighted by molar-refractivity contribution is 5.97. The van der Waals surface area contributed by atoms with Crippen LogP contribution in [-0.2, 0) is 16.6 Å². The predicted octanol–water partition coefficient (Wildman–Crippen LogP) is 6.38. The number of Topliss-reactive ketones (excluding diaryl/α,β-unsaturated/α-hetero) is 1. The molecule has 0 radical (unpaired) electrons. The van der Waals surface area contributed by atoms with Crippen molar-refractivity contribution in [2.75, 3.05) is 0 Å². The van der Waals surface area contributed by atoms with E-state index in [0.717, 1.165) is 38.0 Å². The normalized spacial score (nSPS) is 30.1. The fourth-order valence-corrected chi connectivity index (χ4v) is 6.86. The number of rotatable bonds is 1. The van der Waals surface area contributed by atoms with Crippen LogP contribution in [0.1, 0.15) is 80.4 Å². The van der Waals surface area contributed by atoms with E-state index in [1.54, 1.807) is 5.56 Å². The maximum Gasteiger partial charge on any atom is 0.144 e. The lowest BCUT2D eigenvalue weighted by atomic mass is 9.61. The van der Waals surface area contributed by atoms with E-state index in [1.807, 2.05) is 0 Å². The van der Waals surface area contributed by atoms with Gasteiger partial charge in [0, 0.05) is 6.42 Å². The van der Waals surface area contributed by atoms with Crippen LogP contribution in [0.15, 0.2) is 42.0 Å². The molecule has 4 aliphatic rings. The Labute approximate surface area is 161 Å². The van der Waals surface area contributed by atoms with E-state index >= 15 is 0 Å². The van der Waals surface area contributed by atoms with Crippen molar-refractivity contribution < 1.29 is 4.79 Å². The number of aryl methyl sites for hydroxylation is 1. The largest absolute Gasteiger partial charge is 0.299 e. The zero-order chi connectivity index (χ0) is 18.0. The molecule has 4 aliphatic carbocycles. The fraction of sp³-hybridized carbons (Fsp3) is 0.500. The van der Waals surface area contributed by atoms with Crippen molar-refractivity contribution in [2.24, 2.45) is 5.92 Å². The molecule has 6 rings (SSSR count). The van der Waals surface area contributed by atoms with Crippen LogP contribution in [0.5, 0.6) is 0 Å². The van der Waals surface area contributed by atoms with Crippen LogP contribution in [0, 0.1) is 5.92 Å². The first-order chi connectivity index (χ1) is 13.3. The van der Waals surface area contributed by atoms with Gasteiger partial charge in [-0.3, -0.25) is 4.79 Å². The minimum atomic E-state index is -0.188. The Hall–Kier alpha value is -1.89. The summed E-state index contributed by atoms with van der Waals surface area (Å²) in [6.45, 7) is 0. The summed E-state index contributed by atoms with van der Waals surface area (Å²) in [6.07, 6.45) is 14.2. The molecule has 2 saturated carbocycles. The summed E-state index contributed by atoms with van der Waals surface area (Å²) in [5.41, 5.74) is 5.78. The van der Waals surface area contributed by atoms with E-state index in [1.165, 1.54) is 59.6 Å². The Balaban J connectivity index is 1.53. The van der Waals surface area contributed by atoms with Crippen LogP contribution in [0.3, 0.4) is 0 Å². The van der Waals surface area contributed by atoms with Gasteiger partial charge in [-0.2, -0.15) is 0 Å². The monoisotopic (exact) mass is 356 g/mol. The zero-order valence-electron chi connectivity index (χ0n) is 16.1. The number of fused-ring (bicyclic) bond motifs is 6. The van der Waals surface area contributed by atoms with Crippen molar-refractivity contribution in [3.05, 3.63) is 58.7 Å². The standard InChI is InChI=1S/C26H28O/c27-25-12-10-20-14-23-19(7-4-8-22(23)18-5-2-1-3-6-18)15-24(20)26(25)16-17-9-11-21(26)13-17/h4,7-9,14-15,18,21H,1-3,5-6,10-13,16H2. The number of ketones is 1. The van der Waals surface area contributed by atoms with Gasteiger partial charge in [-0.1, -0.05) is 55.2 Å². The van der Waals surface area contributed by atoms with Crippen LogP contribution >= 0.6 is 0 Å². The molecule has 2 unspecified atom stereocenters. The number of carbonyl (C=O) groups excluding carboxylic acids is 1. The zero-order valence-corrected chi connectivity index (χ0v) is 16.1. The minimum Gasteiger partial charge on any atom is -0.299 e. The summed E-state index contributed by atoms with van der Waals surface area (Å²) in [5.74, 6) is 1.77. The van der Waals surface area contributed by atoms with Crippen molar-refractivity contribution in [3.8, 4) is 0 Å². The summed E-state index contributed by atoms with van der Waals surface area (Å²) in [6, 6.07) is 11.8. The van der Waals surface area contributed by atoms with Crippen LogP contribution < -0.4 is 0 Å². The van der Waals surface area contributed by atoms with Crippen molar-refractivity contribution in [2.45, 2.75) is 75.5 Å². The van der Waals surface area contributed by atoms with Crippen molar-refractivity contribution >= 4 is 16.6 Å². The van der Waals surface area contributed by atoms with Gasteiger partial charge in [0.2, 0.25) is 0 Å². The Morgan fingerprint density at radius 3 is 2.67 bits per heavy atom. The quantitative estimate of drug-likeness (QED) is 0.542. The van der Waals surface area contributed by atoms with Crippen LogP contribution in [0.25, 0.3) is 10.8 Å². The number of benzene rings is 2. The smallest absolute Gasteiger partial charge is 0.144 e. The molecular weight excluding hydrogens is 328 g/mol. The highest BCUT2D eigenvalue weighted by Crippen LogP contribution is 2.57. The molecule has 0 aromatic heterocycles. The molecule has 1 heteroatoms. The summed E-state index contributed by atoms with van der Waals surface area (Å²) < 4.78 is 0. The Kier molecular flexibility index (Phi) is 3.46. The average molecular weight is 357 g/mol. The maximum atomic E-state index is 13.2. The second-order valence-electron chi connectivity index (χ2n) is 9.48. The number of hydrogen-bond acceptors (Lipinski definition) is 1. The lowest BCUT2D eigenvalue weighted by Gasteiger charge is -2.40. The molecule has 27 heavy (non-hydrogen) atoms. The van der Waals surface area contributed by atoms with Crippen LogP contribution in [0.4, 0.5) is 0 Å². The molecule has 0 heterocycles. The van der Waals surface area contributed by atoms with Crippen LogP contribution in [-0.4, -0.2) is 5.78 Å². The first-order valence-electron chi connectivity index (χ1n) is 11.0. The van der Waals surface area contributed by atoms with E-state index in [4.69, 9.17) is 0 Å². The van der Waals surface area contributed by atoms with E-state index in [2.05, 4.69) is 36.4 Å². The molecule has 2 atom stereocenters. The second kappa shape index (κ2) is 5.80. The first kappa shape index (κ1) is 16.1. The number of carbonyl (C=O) groups is 1. The Morgan fingerprint density at radius 1 is 1.00 bits per heavy atom. The minimum absolute atomic E-state index is 0.188. The molecule has 0 saturated heterocycles. The summed E-state index contributed by atoms with van der Waals surface area (Å²) >= 11 is 0. The van der Waals surface area contributed by atoms with E-state index in [0.29, 0.717) is 11.7 Å². The first-order valence-corrected chi connectivity index (χ1v) is 11.0. The number of hydrogen-bond donors (Lipinski definition) is 0. The van der Waals surface area contributed by atoms with Gasteiger partial charge < -0.3 is 0 Å². The Morgan fingerprint density at radius 2 is 1.89 bits per heavy atom. The lowest BCUT2D eigenvalue weighted by molar-refractivity contribution is -0.126. The molecule has 0 amide bonds. The van der Waals surface area contributed by atoms with Gasteiger partial charge in [-0.25, -0.2) is 0 Å². The predicted molar refractivity (Wildman–Crippen MR) is 110 cm³/mol. The van der Waals surface area contributed by atoms with E-state index in [-0.39, 0.29) is 5.41 Å². The third-order valence-corrected chi connectivity index (χ3v) is 8.18. The van der Waals surface area contributed by atoms with Gasteiger partial charge in [-0.15, -0.1) is 0 Å². The maximum absolute atomic E-state index is 13.2. The topological polar surface area (TPSA) is 17.1 Å². The highest BCUT2D eigenvalue weighted by atomic mass is 16.1. The molecule has 0 aliphatic heterocycles. The number of allylic oxidation sites excluding steroid dienone is 2. The molecule has 1 nitrogen and oxygen atoms in total. The molecule has 2 aromatic rings. The third kappa shape index (κ3) is 2.21. The van der Waals surface area contributed by atoms with Gasteiger partial charge in [0.05, 0.1) is 5.41 Å². The molecular formula is C26H28O. The second-order valence-corrected chi connectivity index (χ2v) is 9.48. The highest BCUT2D eigenvalue weighted by Gasteiger charge is 2.55. The molecule has 2 fully saturated rings. The van der Waals surface area contributed by atoms with E-state index < -0.39 is 0 Å². The molecule has 1 spiro atoms. The van der Waals surface area contributed by atoms with Gasteiger partial charge in [-0.05, 0) is 83.9 Å². The van der Waals surface area contributed by atoms with Crippen molar-refractivity contribution in [1.82, 2.24) is 0 Å². The van der Waals surface area contributed by atoms with E-state index in [9.17, 15) is 4.79 Å². The summed E-state index contributed by atoms with van der Waals surface area (Å²) in [7, 11) is 0. The Bertz CT molecular complexity index is 975. The summed E-state index contributed by atoms with van der Waals surface area (Å²) in [5, 5.41) is 2.83. The average Bonchev–Trinajstić information content (AvgIpc) is 3.32. The molecule has 2 bridgehead atoms. The lowest BCUT2D eigenvalue weighted by Crippen LogP contribution is -2.43. The molecule has 0 N–H and O–H groups in total. The van der Waals surface area contributed by atoms with Gasteiger partial charge in [0.25, 0.3) is 0 Å². The molecule has 138 valence electrons. The molecule has 2 aromatic carbocycles. The SMILES string of the molecule is O=C1CCc2cc3c(C4CCCCC4)cccc3cc2C12CC1=CCC2C1. The third-order valence-electron chi connectivity index (χ3n) is 8.18. The van der Waals surface area contributed by atoms with Gasteiger partial charge >= 0.3 is 0 Å². The summed E-state index contributed by atoms with van der Waals surface area (Å²) in [4.78, 5) is 13.2. The van der Waals surface area contributed by atoms with Crippen molar-refractivity contribution in [3.63, 3.8) is 0 Å². The fourth-order valence-electron chi connectivity index (χ4n) is 6.86. The van der Waals surface area contributed by atoms with Gasteiger partial charge in [0.1, 0.15) is 5.78 Å².